The maximum Gasteiger partial charge on any atom is 0.253 e. The Bertz CT molecular complexity index is 473. The van der Waals surface area contributed by atoms with E-state index in [1.165, 1.54) is 0 Å². The summed E-state index contributed by atoms with van der Waals surface area (Å²) in [6.07, 6.45) is 1.70. The molecule has 2 heterocycles. The molecule has 6 heteroatoms. The lowest BCUT2D eigenvalue weighted by atomic mass is 10.3. The molecule has 0 aliphatic rings. The van der Waals surface area contributed by atoms with Gasteiger partial charge in [-0.25, -0.2) is 0 Å². The van der Waals surface area contributed by atoms with Gasteiger partial charge in [-0.3, -0.25) is 4.79 Å². The van der Waals surface area contributed by atoms with Gasteiger partial charge in [-0.15, -0.1) is 10.2 Å². The highest BCUT2D eigenvalue weighted by molar-refractivity contribution is 5.08. The van der Waals surface area contributed by atoms with Crippen LogP contribution in [0.1, 0.15) is 11.4 Å². The Hall–Kier alpha value is -1.98. The molecule has 2 aromatic heterocycles. The highest BCUT2D eigenvalue weighted by Crippen LogP contribution is 1.92. The minimum Gasteiger partial charge on any atom is -0.308 e. The summed E-state index contributed by atoms with van der Waals surface area (Å²) in [5, 5.41) is 13.3. The van der Waals surface area contributed by atoms with Crippen LogP contribution in [0, 0.1) is 6.92 Å². The number of nitrogens with zero attached hydrogens (tertiary/aromatic N) is 4. The Kier molecular flexibility index (Phi) is 2.10. The van der Waals surface area contributed by atoms with Gasteiger partial charge >= 0.3 is 0 Å². The van der Waals surface area contributed by atoms with Crippen LogP contribution in [0.25, 0.3) is 0 Å². The second-order valence-corrected chi connectivity index (χ2v) is 2.95. The standard InChI is InChI=1S/C8H9N5O/c1-6-3-2-4-13(8(6)14)5-7-9-11-12-10-7/h2-4H,5H2,1H3,(H,9,10,11,12). The van der Waals surface area contributed by atoms with Crippen LogP contribution in [-0.4, -0.2) is 25.2 Å². The van der Waals surface area contributed by atoms with Crippen LogP contribution >= 0.6 is 0 Å². The fourth-order valence-electron chi connectivity index (χ4n) is 1.18. The van der Waals surface area contributed by atoms with Crippen molar-refractivity contribution in [2.75, 3.05) is 0 Å². The first-order chi connectivity index (χ1) is 6.77. The van der Waals surface area contributed by atoms with Gasteiger partial charge < -0.3 is 4.57 Å². The number of hydrogen-bond donors (Lipinski definition) is 1. The number of tetrazole rings is 1. The van der Waals surface area contributed by atoms with Gasteiger partial charge in [0.2, 0.25) is 0 Å². The van der Waals surface area contributed by atoms with Crippen molar-refractivity contribution in [3.05, 3.63) is 40.1 Å². The van der Waals surface area contributed by atoms with Gasteiger partial charge in [-0.1, -0.05) is 11.3 Å². The first-order valence-electron chi connectivity index (χ1n) is 4.16. The third-order valence-electron chi connectivity index (χ3n) is 1.91. The van der Waals surface area contributed by atoms with Crippen LogP contribution in [0.15, 0.2) is 23.1 Å². The SMILES string of the molecule is Cc1cccn(Cc2nn[nH]n2)c1=O. The summed E-state index contributed by atoms with van der Waals surface area (Å²) in [6, 6.07) is 3.59. The van der Waals surface area contributed by atoms with Crippen molar-refractivity contribution in [2.24, 2.45) is 0 Å². The molecule has 0 aromatic carbocycles. The summed E-state index contributed by atoms with van der Waals surface area (Å²) in [7, 11) is 0. The van der Waals surface area contributed by atoms with Gasteiger partial charge in [0, 0.05) is 11.8 Å². The molecule has 0 amide bonds. The molecule has 0 spiro atoms. The van der Waals surface area contributed by atoms with Crippen molar-refractivity contribution < 1.29 is 0 Å². The lowest BCUT2D eigenvalue weighted by molar-refractivity contribution is 0.711. The van der Waals surface area contributed by atoms with Crippen molar-refractivity contribution in [3.8, 4) is 0 Å². The molecule has 0 aliphatic heterocycles. The normalized spacial score (nSPS) is 10.4. The van der Waals surface area contributed by atoms with Gasteiger partial charge in [0.25, 0.3) is 5.56 Å². The van der Waals surface area contributed by atoms with Crippen molar-refractivity contribution in [1.82, 2.24) is 25.2 Å². The third-order valence-corrected chi connectivity index (χ3v) is 1.91. The second kappa shape index (κ2) is 3.41. The molecule has 0 radical (unpaired) electrons. The van der Waals surface area contributed by atoms with E-state index in [1.807, 2.05) is 6.07 Å². The quantitative estimate of drug-likeness (QED) is 0.708. The Balaban J connectivity index is 2.34. The number of nitrogens with one attached hydrogen (secondary N) is 1. The van der Waals surface area contributed by atoms with Crippen LogP contribution in [-0.2, 0) is 6.54 Å². The summed E-state index contributed by atoms with van der Waals surface area (Å²) >= 11 is 0. The molecule has 0 saturated carbocycles. The highest BCUT2D eigenvalue weighted by Gasteiger charge is 2.02. The van der Waals surface area contributed by atoms with E-state index >= 15 is 0 Å². The summed E-state index contributed by atoms with van der Waals surface area (Å²) in [6.45, 7) is 2.12. The maximum absolute atomic E-state index is 11.6. The van der Waals surface area contributed by atoms with Gasteiger partial charge in [0.05, 0.1) is 6.54 Å². The lowest BCUT2D eigenvalue weighted by Crippen LogP contribution is -2.22. The molecule has 2 rings (SSSR count). The molecule has 0 saturated heterocycles. The number of hydrogen-bond acceptors (Lipinski definition) is 4. The van der Waals surface area contributed by atoms with E-state index < -0.39 is 0 Å². The topological polar surface area (TPSA) is 76.5 Å². The number of aromatic nitrogens is 5. The molecule has 0 fully saturated rings. The molecular weight excluding hydrogens is 182 g/mol. The van der Waals surface area contributed by atoms with Crippen molar-refractivity contribution in [1.29, 1.82) is 0 Å². The fourth-order valence-corrected chi connectivity index (χ4v) is 1.18. The number of H-pyrrole nitrogens is 1. The summed E-state index contributed by atoms with van der Waals surface area (Å²) in [4.78, 5) is 11.6. The summed E-state index contributed by atoms with van der Waals surface area (Å²) in [5.74, 6) is 0.498. The Labute approximate surface area is 79.6 Å². The summed E-state index contributed by atoms with van der Waals surface area (Å²) in [5.41, 5.74) is 0.674. The molecule has 0 unspecified atom stereocenters. The highest BCUT2D eigenvalue weighted by atomic mass is 16.1. The number of pyridine rings is 1. The lowest BCUT2D eigenvalue weighted by Gasteiger charge is -2.01. The minimum atomic E-state index is -0.0303. The third kappa shape index (κ3) is 1.54. The molecule has 6 nitrogen and oxygen atoms in total. The fraction of sp³-hybridized carbons (Fsp3) is 0.250. The van der Waals surface area contributed by atoms with E-state index in [2.05, 4.69) is 20.6 Å². The minimum absolute atomic E-state index is 0.0303. The van der Waals surface area contributed by atoms with Crippen molar-refractivity contribution >= 4 is 0 Å². The summed E-state index contributed by atoms with van der Waals surface area (Å²) < 4.78 is 1.54. The van der Waals surface area contributed by atoms with E-state index in [4.69, 9.17) is 0 Å². The molecule has 1 N–H and O–H groups in total. The first kappa shape index (κ1) is 8.61. The van der Waals surface area contributed by atoms with E-state index in [0.717, 1.165) is 0 Å². The van der Waals surface area contributed by atoms with E-state index in [-0.39, 0.29) is 5.56 Å². The van der Waals surface area contributed by atoms with Gasteiger partial charge in [0.15, 0.2) is 5.82 Å². The van der Waals surface area contributed by atoms with Crippen LogP contribution in [0.4, 0.5) is 0 Å². The largest absolute Gasteiger partial charge is 0.308 e. The van der Waals surface area contributed by atoms with Crippen LogP contribution in [0.5, 0.6) is 0 Å². The van der Waals surface area contributed by atoms with E-state index in [0.29, 0.717) is 17.9 Å². The zero-order valence-corrected chi connectivity index (χ0v) is 7.64. The van der Waals surface area contributed by atoms with E-state index in [9.17, 15) is 4.79 Å². The number of aromatic amines is 1. The smallest absolute Gasteiger partial charge is 0.253 e. The van der Waals surface area contributed by atoms with Gasteiger partial charge in [-0.2, -0.15) is 5.21 Å². The van der Waals surface area contributed by atoms with Gasteiger partial charge in [-0.05, 0) is 13.0 Å². The maximum atomic E-state index is 11.6. The first-order valence-corrected chi connectivity index (χ1v) is 4.16. The van der Waals surface area contributed by atoms with Crippen molar-refractivity contribution in [3.63, 3.8) is 0 Å². The predicted molar refractivity (Wildman–Crippen MR) is 48.7 cm³/mol. The predicted octanol–water partition coefficient (Wildman–Crippen LogP) is -0.282. The Morgan fingerprint density at radius 1 is 1.57 bits per heavy atom. The average molecular weight is 191 g/mol. The van der Waals surface area contributed by atoms with E-state index in [1.54, 1.807) is 23.8 Å². The van der Waals surface area contributed by atoms with Crippen LogP contribution in [0.2, 0.25) is 0 Å². The molecule has 0 atom stereocenters. The van der Waals surface area contributed by atoms with Gasteiger partial charge in [0.1, 0.15) is 0 Å². The molecule has 72 valence electrons. The molecule has 0 aliphatic carbocycles. The zero-order valence-electron chi connectivity index (χ0n) is 7.64. The number of aryl methyl sites for hydroxylation is 1. The molecule has 14 heavy (non-hydrogen) atoms. The van der Waals surface area contributed by atoms with Crippen LogP contribution < -0.4 is 5.56 Å². The monoisotopic (exact) mass is 191 g/mol. The van der Waals surface area contributed by atoms with Crippen LogP contribution in [0.3, 0.4) is 0 Å². The molecule has 0 bridgehead atoms. The zero-order chi connectivity index (χ0) is 9.97. The second-order valence-electron chi connectivity index (χ2n) is 2.95. The Morgan fingerprint density at radius 3 is 3.14 bits per heavy atom. The molecular formula is C8H9N5O. The van der Waals surface area contributed by atoms with Crippen molar-refractivity contribution in [2.45, 2.75) is 13.5 Å². The Morgan fingerprint density at radius 2 is 2.43 bits per heavy atom. The molecule has 2 aromatic rings. The number of rotatable bonds is 2. The average Bonchev–Trinajstić information content (AvgIpc) is 2.66.